The lowest BCUT2D eigenvalue weighted by Gasteiger charge is -2.28. The minimum atomic E-state index is -0.132. The Bertz CT molecular complexity index is 464. The van der Waals surface area contributed by atoms with Crippen molar-refractivity contribution in [3.05, 3.63) is 23.8 Å². The van der Waals surface area contributed by atoms with Gasteiger partial charge in [0.15, 0.2) is 4.93 Å². The summed E-state index contributed by atoms with van der Waals surface area (Å²) >= 11 is 1.80. The van der Waals surface area contributed by atoms with Crippen LogP contribution in [0.15, 0.2) is 23.1 Å². The SMILES string of the molecule is CC1(C)Oc2cc(C3(CN)CCCC3)ccc2S1. The summed E-state index contributed by atoms with van der Waals surface area (Å²) in [4.78, 5) is 1.13. The fourth-order valence-electron chi connectivity index (χ4n) is 3.21. The van der Waals surface area contributed by atoms with Gasteiger partial charge in [0.25, 0.3) is 0 Å². The Kier molecular flexibility index (Phi) is 2.87. The normalized spacial score (nSPS) is 23.7. The Morgan fingerprint density at radius 1 is 1.28 bits per heavy atom. The van der Waals surface area contributed by atoms with E-state index in [9.17, 15) is 0 Å². The maximum atomic E-state index is 6.05. The number of hydrogen-bond donors (Lipinski definition) is 1. The highest BCUT2D eigenvalue weighted by Crippen LogP contribution is 2.49. The summed E-state index contributed by atoms with van der Waals surface area (Å²) in [5, 5.41) is 0. The minimum Gasteiger partial charge on any atom is -0.476 e. The van der Waals surface area contributed by atoms with E-state index in [0.717, 1.165) is 12.3 Å². The van der Waals surface area contributed by atoms with Crippen LogP contribution < -0.4 is 10.5 Å². The molecule has 1 aliphatic carbocycles. The van der Waals surface area contributed by atoms with Crippen LogP contribution in [-0.4, -0.2) is 11.5 Å². The maximum Gasteiger partial charge on any atom is 0.153 e. The summed E-state index contributed by atoms with van der Waals surface area (Å²) in [5.41, 5.74) is 7.63. The molecule has 98 valence electrons. The van der Waals surface area contributed by atoms with Gasteiger partial charge < -0.3 is 10.5 Å². The number of hydrogen-bond acceptors (Lipinski definition) is 3. The molecule has 0 atom stereocenters. The van der Waals surface area contributed by atoms with E-state index in [2.05, 4.69) is 32.0 Å². The Balaban J connectivity index is 1.97. The van der Waals surface area contributed by atoms with Gasteiger partial charge in [-0.2, -0.15) is 0 Å². The van der Waals surface area contributed by atoms with Crippen LogP contribution in [-0.2, 0) is 5.41 Å². The van der Waals surface area contributed by atoms with Gasteiger partial charge >= 0.3 is 0 Å². The lowest BCUT2D eigenvalue weighted by atomic mass is 9.79. The smallest absolute Gasteiger partial charge is 0.153 e. The number of ether oxygens (including phenoxy) is 1. The summed E-state index contributed by atoms with van der Waals surface area (Å²) < 4.78 is 6.01. The molecule has 2 N–H and O–H groups in total. The molecule has 0 unspecified atom stereocenters. The Morgan fingerprint density at radius 3 is 2.67 bits per heavy atom. The van der Waals surface area contributed by atoms with Gasteiger partial charge in [0, 0.05) is 12.0 Å². The molecule has 1 aromatic rings. The monoisotopic (exact) mass is 263 g/mol. The zero-order chi connectivity index (χ0) is 12.8. The van der Waals surface area contributed by atoms with Crippen molar-refractivity contribution in [3.63, 3.8) is 0 Å². The van der Waals surface area contributed by atoms with Crippen LogP contribution in [0.1, 0.15) is 45.1 Å². The Hall–Kier alpha value is -0.670. The average molecular weight is 263 g/mol. The predicted molar refractivity (Wildman–Crippen MR) is 76.2 cm³/mol. The highest BCUT2D eigenvalue weighted by Gasteiger charge is 2.37. The van der Waals surface area contributed by atoms with Crippen molar-refractivity contribution in [2.24, 2.45) is 5.73 Å². The second kappa shape index (κ2) is 4.17. The fraction of sp³-hybridized carbons (Fsp3) is 0.600. The van der Waals surface area contributed by atoms with Crippen LogP contribution in [0, 0.1) is 0 Å². The summed E-state index contributed by atoms with van der Waals surface area (Å²) in [6, 6.07) is 6.70. The largest absolute Gasteiger partial charge is 0.476 e. The summed E-state index contributed by atoms with van der Waals surface area (Å²) in [5.74, 6) is 1.04. The quantitative estimate of drug-likeness (QED) is 0.884. The van der Waals surface area contributed by atoms with E-state index in [1.165, 1.54) is 36.1 Å². The first-order chi connectivity index (χ1) is 8.55. The average Bonchev–Trinajstić information content (AvgIpc) is 2.90. The Morgan fingerprint density at radius 2 is 2.00 bits per heavy atom. The van der Waals surface area contributed by atoms with Gasteiger partial charge in [-0.1, -0.05) is 30.7 Å². The number of benzene rings is 1. The molecule has 0 spiro atoms. The molecule has 0 aromatic heterocycles. The summed E-state index contributed by atoms with van der Waals surface area (Å²) in [6.45, 7) is 4.99. The number of fused-ring (bicyclic) bond motifs is 1. The molecule has 0 radical (unpaired) electrons. The van der Waals surface area contributed by atoms with E-state index in [1.54, 1.807) is 11.8 Å². The van der Waals surface area contributed by atoms with Gasteiger partial charge in [-0.15, -0.1) is 0 Å². The summed E-state index contributed by atoms with van der Waals surface area (Å²) in [6.07, 6.45) is 5.04. The van der Waals surface area contributed by atoms with E-state index in [1.807, 2.05) is 0 Å². The number of rotatable bonds is 2. The van der Waals surface area contributed by atoms with Crippen molar-refractivity contribution >= 4 is 11.8 Å². The molecule has 1 fully saturated rings. The standard InChI is InChI=1S/C15H21NOS/c1-14(2)17-12-9-11(5-6-13(12)18-14)15(10-16)7-3-4-8-15/h5-6,9H,3-4,7-8,10,16H2,1-2H3. The molecule has 1 saturated carbocycles. The van der Waals surface area contributed by atoms with Crippen LogP contribution in [0.5, 0.6) is 5.75 Å². The lowest BCUT2D eigenvalue weighted by Crippen LogP contribution is -2.31. The van der Waals surface area contributed by atoms with Crippen LogP contribution >= 0.6 is 11.8 Å². The topological polar surface area (TPSA) is 35.2 Å². The van der Waals surface area contributed by atoms with E-state index >= 15 is 0 Å². The van der Waals surface area contributed by atoms with Crippen molar-refractivity contribution in [2.45, 2.75) is 54.8 Å². The van der Waals surface area contributed by atoms with Crippen molar-refractivity contribution in [2.75, 3.05) is 6.54 Å². The molecule has 18 heavy (non-hydrogen) atoms. The first-order valence-electron chi connectivity index (χ1n) is 6.77. The molecule has 1 aliphatic heterocycles. The van der Waals surface area contributed by atoms with Gasteiger partial charge in [-0.25, -0.2) is 0 Å². The predicted octanol–water partition coefficient (Wildman–Crippen LogP) is 3.68. The van der Waals surface area contributed by atoms with Crippen LogP contribution in [0.25, 0.3) is 0 Å². The number of nitrogens with two attached hydrogens (primary N) is 1. The van der Waals surface area contributed by atoms with Gasteiger partial charge in [-0.05, 0) is 44.4 Å². The van der Waals surface area contributed by atoms with E-state index in [-0.39, 0.29) is 10.3 Å². The lowest BCUT2D eigenvalue weighted by molar-refractivity contribution is 0.214. The van der Waals surface area contributed by atoms with E-state index < -0.39 is 0 Å². The first-order valence-corrected chi connectivity index (χ1v) is 7.59. The number of thioether (sulfide) groups is 1. The van der Waals surface area contributed by atoms with Crippen LogP contribution in [0.2, 0.25) is 0 Å². The molecular weight excluding hydrogens is 242 g/mol. The maximum absolute atomic E-state index is 6.05. The molecular formula is C15H21NOS. The van der Waals surface area contributed by atoms with Gasteiger partial charge in [0.1, 0.15) is 5.75 Å². The summed E-state index contributed by atoms with van der Waals surface area (Å²) in [7, 11) is 0. The van der Waals surface area contributed by atoms with Crippen molar-refractivity contribution < 1.29 is 4.74 Å². The molecule has 1 heterocycles. The highest BCUT2D eigenvalue weighted by atomic mass is 32.2. The second-order valence-electron chi connectivity index (χ2n) is 5.96. The third-order valence-electron chi connectivity index (χ3n) is 4.22. The van der Waals surface area contributed by atoms with Crippen molar-refractivity contribution in [3.8, 4) is 5.75 Å². The van der Waals surface area contributed by atoms with Crippen LogP contribution in [0.3, 0.4) is 0 Å². The molecule has 0 bridgehead atoms. The molecule has 2 aliphatic rings. The van der Waals surface area contributed by atoms with Gasteiger partial charge in [-0.3, -0.25) is 0 Å². The van der Waals surface area contributed by atoms with E-state index in [4.69, 9.17) is 10.5 Å². The van der Waals surface area contributed by atoms with Gasteiger partial charge in [0.05, 0.1) is 4.90 Å². The molecule has 3 rings (SSSR count). The third kappa shape index (κ3) is 1.94. The van der Waals surface area contributed by atoms with Crippen LogP contribution in [0.4, 0.5) is 0 Å². The highest BCUT2D eigenvalue weighted by molar-refractivity contribution is 8.00. The van der Waals surface area contributed by atoms with Gasteiger partial charge in [0.2, 0.25) is 0 Å². The zero-order valence-corrected chi connectivity index (χ0v) is 12.0. The molecule has 0 amide bonds. The molecule has 1 aromatic carbocycles. The molecule has 2 nitrogen and oxygen atoms in total. The fourth-order valence-corrected chi connectivity index (χ4v) is 4.21. The van der Waals surface area contributed by atoms with Crippen molar-refractivity contribution in [1.82, 2.24) is 0 Å². The first kappa shape index (κ1) is 12.4. The van der Waals surface area contributed by atoms with E-state index in [0.29, 0.717) is 0 Å². The third-order valence-corrected chi connectivity index (χ3v) is 5.35. The molecule has 0 saturated heterocycles. The molecule has 3 heteroatoms. The zero-order valence-electron chi connectivity index (χ0n) is 11.2. The van der Waals surface area contributed by atoms with Crippen molar-refractivity contribution in [1.29, 1.82) is 0 Å². The second-order valence-corrected chi connectivity index (χ2v) is 7.58. The minimum absolute atomic E-state index is 0.132. The Labute approximate surface area is 113 Å².